The molecule has 1 aliphatic rings. The Balaban J connectivity index is 1.52. The number of ether oxygens (including phenoxy) is 1. The molecular weight excluding hydrogens is 236 g/mol. The number of rotatable bonds is 7. The minimum absolute atomic E-state index is 0.381. The fraction of sp³-hybridized carbons (Fsp3) is 0.750. The average Bonchev–Trinajstić information content (AvgIpc) is 2.99. The quantitative estimate of drug-likeness (QED) is 0.777. The van der Waals surface area contributed by atoms with E-state index in [9.17, 15) is 5.11 Å². The Hall–Kier alpha value is -0.490. The van der Waals surface area contributed by atoms with Gasteiger partial charge in [0.25, 0.3) is 0 Å². The lowest BCUT2D eigenvalue weighted by Gasteiger charge is -2.15. The van der Waals surface area contributed by atoms with Crippen molar-refractivity contribution in [3.8, 4) is 0 Å². The highest BCUT2D eigenvalue weighted by Gasteiger charge is 2.16. The molecule has 0 aliphatic heterocycles. The predicted molar refractivity (Wildman–Crippen MR) is 68.0 cm³/mol. The number of nitrogens with one attached hydrogen (secondary N) is 1. The van der Waals surface area contributed by atoms with Gasteiger partial charge in [0, 0.05) is 24.2 Å². The molecule has 17 heavy (non-hydrogen) atoms. The third-order valence-electron chi connectivity index (χ3n) is 2.99. The van der Waals surface area contributed by atoms with Crippen molar-refractivity contribution in [2.45, 2.75) is 44.4 Å². The van der Waals surface area contributed by atoms with E-state index in [0.29, 0.717) is 19.3 Å². The summed E-state index contributed by atoms with van der Waals surface area (Å²) in [7, 11) is 0. The SMILES string of the molecule is OC(CNCc1cncs1)COC1CCCC1. The molecule has 1 heterocycles. The zero-order chi connectivity index (χ0) is 11.9. The lowest BCUT2D eigenvalue weighted by atomic mass is 10.3. The second kappa shape index (κ2) is 7.06. The Morgan fingerprint density at radius 1 is 1.53 bits per heavy atom. The first-order valence-electron chi connectivity index (χ1n) is 6.22. The fourth-order valence-corrected chi connectivity index (χ4v) is 2.62. The molecule has 1 unspecified atom stereocenters. The maximum Gasteiger partial charge on any atom is 0.0897 e. The first-order chi connectivity index (χ1) is 8.34. The topological polar surface area (TPSA) is 54.4 Å². The van der Waals surface area contributed by atoms with Crippen LogP contribution >= 0.6 is 11.3 Å². The highest BCUT2D eigenvalue weighted by Crippen LogP contribution is 2.20. The minimum atomic E-state index is -0.413. The van der Waals surface area contributed by atoms with Gasteiger partial charge in [0.2, 0.25) is 0 Å². The van der Waals surface area contributed by atoms with Crippen LogP contribution in [0.25, 0.3) is 0 Å². The summed E-state index contributed by atoms with van der Waals surface area (Å²) in [5, 5.41) is 12.9. The van der Waals surface area contributed by atoms with Crippen molar-refractivity contribution >= 4 is 11.3 Å². The van der Waals surface area contributed by atoms with E-state index < -0.39 is 6.10 Å². The summed E-state index contributed by atoms with van der Waals surface area (Å²) in [5.41, 5.74) is 1.82. The number of aliphatic hydroxyl groups is 1. The Labute approximate surface area is 106 Å². The van der Waals surface area contributed by atoms with Crippen LogP contribution in [0.3, 0.4) is 0 Å². The Morgan fingerprint density at radius 3 is 3.06 bits per heavy atom. The van der Waals surface area contributed by atoms with Crippen molar-refractivity contribution in [1.82, 2.24) is 10.3 Å². The lowest BCUT2D eigenvalue weighted by molar-refractivity contribution is -0.00548. The Bertz CT molecular complexity index is 299. The van der Waals surface area contributed by atoms with Crippen molar-refractivity contribution in [3.05, 3.63) is 16.6 Å². The molecule has 0 amide bonds. The van der Waals surface area contributed by atoms with E-state index in [1.807, 2.05) is 11.7 Å². The van der Waals surface area contributed by atoms with Crippen molar-refractivity contribution in [2.24, 2.45) is 0 Å². The molecule has 1 atom stereocenters. The molecule has 0 spiro atoms. The number of aliphatic hydroxyl groups excluding tert-OH is 1. The van der Waals surface area contributed by atoms with Crippen LogP contribution < -0.4 is 5.32 Å². The Morgan fingerprint density at radius 2 is 2.35 bits per heavy atom. The lowest BCUT2D eigenvalue weighted by Crippen LogP contribution is -2.31. The van der Waals surface area contributed by atoms with Gasteiger partial charge in [-0.2, -0.15) is 0 Å². The molecule has 1 aromatic heterocycles. The van der Waals surface area contributed by atoms with Gasteiger partial charge in [-0.1, -0.05) is 12.8 Å². The third kappa shape index (κ3) is 4.71. The summed E-state index contributed by atoms with van der Waals surface area (Å²) >= 11 is 1.62. The molecule has 2 N–H and O–H groups in total. The van der Waals surface area contributed by atoms with Gasteiger partial charge in [-0.05, 0) is 12.8 Å². The summed E-state index contributed by atoms with van der Waals surface area (Å²) in [4.78, 5) is 5.19. The maximum atomic E-state index is 9.74. The van der Waals surface area contributed by atoms with Gasteiger partial charge >= 0.3 is 0 Å². The molecule has 0 aromatic carbocycles. The minimum Gasteiger partial charge on any atom is -0.389 e. The summed E-state index contributed by atoms with van der Waals surface area (Å²) in [6, 6.07) is 0. The molecular formula is C12H20N2O2S. The van der Waals surface area contributed by atoms with Crippen LogP contribution in [0.5, 0.6) is 0 Å². The van der Waals surface area contributed by atoms with Gasteiger partial charge in [-0.15, -0.1) is 11.3 Å². The molecule has 1 saturated carbocycles. The molecule has 1 aliphatic carbocycles. The number of aromatic nitrogens is 1. The van der Waals surface area contributed by atoms with E-state index in [2.05, 4.69) is 10.3 Å². The zero-order valence-corrected chi connectivity index (χ0v) is 10.8. The molecule has 1 fully saturated rings. The summed E-state index contributed by atoms with van der Waals surface area (Å²) in [6.45, 7) is 1.79. The number of nitrogens with zero attached hydrogens (tertiary/aromatic N) is 1. The molecule has 0 radical (unpaired) electrons. The van der Waals surface area contributed by atoms with Crippen molar-refractivity contribution in [2.75, 3.05) is 13.2 Å². The van der Waals surface area contributed by atoms with Crippen LogP contribution in [-0.2, 0) is 11.3 Å². The van der Waals surface area contributed by atoms with Crippen LogP contribution in [0, 0.1) is 0 Å². The Kier molecular flexibility index (Phi) is 5.38. The second-order valence-electron chi connectivity index (χ2n) is 4.49. The molecule has 96 valence electrons. The number of hydrogen-bond donors (Lipinski definition) is 2. The van der Waals surface area contributed by atoms with E-state index in [4.69, 9.17) is 4.74 Å². The number of hydrogen-bond acceptors (Lipinski definition) is 5. The first kappa shape index (κ1) is 13.0. The van der Waals surface area contributed by atoms with Gasteiger partial charge in [-0.3, -0.25) is 4.98 Å². The van der Waals surface area contributed by atoms with E-state index in [-0.39, 0.29) is 0 Å². The summed E-state index contributed by atoms with van der Waals surface area (Å²) < 4.78 is 5.65. The van der Waals surface area contributed by atoms with Gasteiger partial charge < -0.3 is 15.2 Å². The van der Waals surface area contributed by atoms with Crippen molar-refractivity contribution < 1.29 is 9.84 Å². The summed E-state index contributed by atoms with van der Waals surface area (Å²) in [6.07, 6.45) is 6.66. The van der Waals surface area contributed by atoms with E-state index in [1.54, 1.807) is 11.3 Å². The standard InChI is InChI=1S/C12H20N2O2S/c15-10(8-16-11-3-1-2-4-11)5-13-6-12-7-14-9-17-12/h7,9-11,13,15H,1-6,8H2. The second-order valence-corrected chi connectivity index (χ2v) is 5.46. The molecule has 0 saturated heterocycles. The normalized spacial score (nSPS) is 18.6. The molecule has 5 heteroatoms. The van der Waals surface area contributed by atoms with Gasteiger partial charge in [-0.25, -0.2) is 0 Å². The zero-order valence-electron chi connectivity index (χ0n) is 9.97. The van der Waals surface area contributed by atoms with Crippen LogP contribution in [-0.4, -0.2) is 35.5 Å². The summed E-state index contributed by atoms with van der Waals surface area (Å²) in [5.74, 6) is 0. The predicted octanol–water partition coefficient (Wildman–Crippen LogP) is 1.55. The monoisotopic (exact) mass is 256 g/mol. The fourth-order valence-electron chi connectivity index (χ4n) is 2.05. The van der Waals surface area contributed by atoms with E-state index in [0.717, 1.165) is 19.4 Å². The largest absolute Gasteiger partial charge is 0.389 e. The molecule has 1 aromatic rings. The first-order valence-corrected chi connectivity index (χ1v) is 7.10. The highest BCUT2D eigenvalue weighted by molar-refractivity contribution is 7.09. The van der Waals surface area contributed by atoms with Gasteiger partial charge in [0.15, 0.2) is 0 Å². The van der Waals surface area contributed by atoms with Crippen LogP contribution in [0.4, 0.5) is 0 Å². The van der Waals surface area contributed by atoms with Crippen LogP contribution in [0.15, 0.2) is 11.7 Å². The van der Waals surface area contributed by atoms with Gasteiger partial charge in [0.05, 0.1) is 24.3 Å². The van der Waals surface area contributed by atoms with Crippen molar-refractivity contribution in [3.63, 3.8) is 0 Å². The van der Waals surface area contributed by atoms with E-state index in [1.165, 1.54) is 17.7 Å². The average molecular weight is 256 g/mol. The van der Waals surface area contributed by atoms with Crippen molar-refractivity contribution in [1.29, 1.82) is 0 Å². The van der Waals surface area contributed by atoms with Crippen LogP contribution in [0.1, 0.15) is 30.6 Å². The van der Waals surface area contributed by atoms with E-state index >= 15 is 0 Å². The highest BCUT2D eigenvalue weighted by atomic mass is 32.1. The molecule has 0 bridgehead atoms. The smallest absolute Gasteiger partial charge is 0.0897 e. The molecule has 4 nitrogen and oxygen atoms in total. The molecule has 2 rings (SSSR count). The van der Waals surface area contributed by atoms with Crippen LogP contribution in [0.2, 0.25) is 0 Å². The third-order valence-corrected chi connectivity index (χ3v) is 3.77. The maximum absolute atomic E-state index is 9.74. The van der Waals surface area contributed by atoms with Gasteiger partial charge in [0.1, 0.15) is 0 Å². The number of thiazole rings is 1.